The van der Waals surface area contributed by atoms with Crippen LogP contribution in [0.5, 0.6) is 11.5 Å². The molecule has 1 fully saturated rings. The van der Waals surface area contributed by atoms with Crippen molar-refractivity contribution in [2.75, 3.05) is 7.11 Å². The molecular weight excluding hydrogens is 331 g/mol. The minimum Gasteiger partial charge on any atom is -0.504 e. The van der Waals surface area contributed by atoms with Crippen LogP contribution in [0.4, 0.5) is 4.39 Å². The lowest BCUT2D eigenvalue weighted by atomic mass is 9.69. The molecule has 0 radical (unpaired) electrons. The van der Waals surface area contributed by atoms with Gasteiger partial charge < -0.3 is 14.9 Å². The predicted octanol–water partition coefficient (Wildman–Crippen LogP) is 3.59. The van der Waals surface area contributed by atoms with Crippen molar-refractivity contribution in [1.29, 1.82) is 0 Å². The fraction of sp³-hybridized carbons (Fsp3) is 0.500. The summed E-state index contributed by atoms with van der Waals surface area (Å²) in [5.74, 6) is -2.46. The Bertz CT molecular complexity index is 538. The third-order valence-electron chi connectivity index (χ3n) is 3.99. The molecule has 0 aromatic heterocycles. The van der Waals surface area contributed by atoms with Gasteiger partial charge in [-0.05, 0) is 34.8 Å². The smallest absolute Gasteiger partial charge is 0.314 e. The van der Waals surface area contributed by atoms with Crippen LogP contribution < -0.4 is 4.74 Å². The summed E-state index contributed by atoms with van der Waals surface area (Å²) >= 11 is 3.05. The van der Waals surface area contributed by atoms with E-state index >= 15 is 0 Å². The molecular formula is C14H16BrFO4. The Morgan fingerprint density at radius 2 is 2.00 bits per heavy atom. The zero-order valence-electron chi connectivity index (χ0n) is 11.1. The molecule has 2 N–H and O–H groups in total. The van der Waals surface area contributed by atoms with E-state index in [-0.39, 0.29) is 15.8 Å². The molecule has 1 aliphatic rings. The van der Waals surface area contributed by atoms with E-state index < -0.39 is 23.0 Å². The maximum atomic E-state index is 13.9. The molecule has 1 aromatic rings. The quantitative estimate of drug-likeness (QED) is 0.877. The second-order valence-electron chi connectivity index (χ2n) is 5.05. The van der Waals surface area contributed by atoms with Crippen LogP contribution in [-0.2, 0) is 10.2 Å². The van der Waals surface area contributed by atoms with Crippen LogP contribution in [0.2, 0.25) is 0 Å². The number of aliphatic carboxylic acids is 1. The fourth-order valence-corrected chi connectivity index (χ4v) is 3.31. The summed E-state index contributed by atoms with van der Waals surface area (Å²) in [6, 6.07) is 1.35. The first kappa shape index (κ1) is 15.1. The van der Waals surface area contributed by atoms with E-state index in [0.29, 0.717) is 12.8 Å². The molecule has 0 spiro atoms. The molecule has 0 unspecified atom stereocenters. The Hall–Kier alpha value is -1.30. The summed E-state index contributed by atoms with van der Waals surface area (Å²) in [5.41, 5.74) is -0.957. The lowest BCUT2D eigenvalue weighted by molar-refractivity contribution is -0.145. The number of hydrogen-bond donors (Lipinski definition) is 2. The summed E-state index contributed by atoms with van der Waals surface area (Å²) in [6.07, 6.45) is 3.36. The summed E-state index contributed by atoms with van der Waals surface area (Å²) in [4.78, 5) is 11.8. The fourth-order valence-electron chi connectivity index (χ4n) is 2.90. The Morgan fingerprint density at radius 1 is 1.40 bits per heavy atom. The number of rotatable bonds is 3. The molecule has 0 aliphatic heterocycles. The van der Waals surface area contributed by atoms with Gasteiger partial charge in [-0.2, -0.15) is 0 Å². The van der Waals surface area contributed by atoms with Crippen molar-refractivity contribution in [3.63, 3.8) is 0 Å². The highest BCUT2D eigenvalue weighted by Gasteiger charge is 2.44. The molecule has 0 amide bonds. The van der Waals surface area contributed by atoms with E-state index in [9.17, 15) is 19.4 Å². The molecule has 1 aromatic carbocycles. The lowest BCUT2D eigenvalue weighted by Gasteiger charge is -2.34. The second kappa shape index (κ2) is 5.60. The number of hydrogen-bond acceptors (Lipinski definition) is 3. The van der Waals surface area contributed by atoms with Crippen LogP contribution in [0.1, 0.15) is 37.7 Å². The first-order chi connectivity index (χ1) is 9.44. The van der Waals surface area contributed by atoms with Crippen LogP contribution in [0.25, 0.3) is 0 Å². The Morgan fingerprint density at radius 3 is 2.50 bits per heavy atom. The van der Waals surface area contributed by atoms with Crippen LogP contribution in [0.3, 0.4) is 0 Å². The summed E-state index contributed by atoms with van der Waals surface area (Å²) in [5, 5.41) is 19.8. The highest BCUT2D eigenvalue weighted by atomic mass is 79.9. The number of ether oxygens (including phenoxy) is 1. The van der Waals surface area contributed by atoms with E-state index in [4.69, 9.17) is 4.74 Å². The first-order valence-corrected chi connectivity index (χ1v) is 7.22. The number of halogens is 2. The lowest BCUT2D eigenvalue weighted by Crippen LogP contribution is -2.38. The van der Waals surface area contributed by atoms with Crippen molar-refractivity contribution < 1.29 is 24.1 Å². The molecule has 0 bridgehead atoms. The molecule has 1 saturated carbocycles. The summed E-state index contributed by atoms with van der Waals surface area (Å²) in [6.45, 7) is 0. The van der Waals surface area contributed by atoms with Gasteiger partial charge in [0, 0.05) is 5.56 Å². The molecule has 2 rings (SSSR count). The molecule has 1 aliphatic carbocycles. The number of carbonyl (C=O) groups is 1. The van der Waals surface area contributed by atoms with Crippen molar-refractivity contribution in [3.05, 3.63) is 21.9 Å². The number of carboxylic acid groups (broad SMARTS) is 1. The van der Waals surface area contributed by atoms with Crippen molar-refractivity contribution in [1.82, 2.24) is 0 Å². The first-order valence-electron chi connectivity index (χ1n) is 6.43. The van der Waals surface area contributed by atoms with Gasteiger partial charge >= 0.3 is 5.97 Å². The number of benzene rings is 1. The number of phenolic OH excluding ortho intramolecular Hbond substituents is 1. The largest absolute Gasteiger partial charge is 0.504 e. The van der Waals surface area contributed by atoms with E-state index in [0.717, 1.165) is 19.3 Å². The predicted molar refractivity (Wildman–Crippen MR) is 74.7 cm³/mol. The van der Waals surface area contributed by atoms with Crippen LogP contribution in [0, 0.1) is 5.82 Å². The van der Waals surface area contributed by atoms with E-state index in [1.54, 1.807) is 0 Å². The number of phenols is 1. The van der Waals surface area contributed by atoms with Gasteiger partial charge in [0.2, 0.25) is 0 Å². The molecule has 0 heterocycles. The minimum atomic E-state index is -1.17. The average molecular weight is 347 g/mol. The highest BCUT2D eigenvalue weighted by Crippen LogP contribution is 2.48. The van der Waals surface area contributed by atoms with Gasteiger partial charge in [-0.3, -0.25) is 4.79 Å². The van der Waals surface area contributed by atoms with Gasteiger partial charge in [0.15, 0.2) is 17.3 Å². The summed E-state index contributed by atoms with van der Waals surface area (Å²) in [7, 11) is 1.24. The van der Waals surface area contributed by atoms with Crippen molar-refractivity contribution in [2.24, 2.45) is 0 Å². The average Bonchev–Trinajstić information content (AvgIpc) is 2.44. The topological polar surface area (TPSA) is 66.8 Å². The standard InChI is InChI=1S/C14H16BrFO4/c1-20-12-10(16)9(15)7-8(11(12)17)14(13(18)19)5-3-2-4-6-14/h7,17H,2-6H2,1H3,(H,18,19). The third-order valence-corrected chi connectivity index (χ3v) is 4.56. The van der Waals surface area contributed by atoms with E-state index in [1.165, 1.54) is 13.2 Å². The van der Waals surface area contributed by atoms with Crippen molar-refractivity contribution in [3.8, 4) is 11.5 Å². The summed E-state index contributed by atoms with van der Waals surface area (Å²) < 4.78 is 18.8. The maximum absolute atomic E-state index is 13.9. The zero-order valence-corrected chi connectivity index (χ0v) is 12.7. The van der Waals surface area contributed by atoms with Gasteiger partial charge in [-0.1, -0.05) is 19.3 Å². The molecule has 110 valence electrons. The third kappa shape index (κ3) is 2.26. The normalized spacial score (nSPS) is 17.8. The molecule has 0 saturated heterocycles. The van der Waals surface area contributed by atoms with Gasteiger partial charge in [0.1, 0.15) is 0 Å². The molecule has 0 atom stereocenters. The van der Waals surface area contributed by atoms with Crippen LogP contribution in [-0.4, -0.2) is 23.3 Å². The van der Waals surface area contributed by atoms with Crippen LogP contribution >= 0.6 is 15.9 Å². The Kier molecular flexibility index (Phi) is 4.22. The van der Waals surface area contributed by atoms with E-state index in [2.05, 4.69) is 15.9 Å². The minimum absolute atomic E-state index is 0.0911. The zero-order chi connectivity index (χ0) is 14.9. The van der Waals surface area contributed by atoms with Crippen LogP contribution in [0.15, 0.2) is 10.5 Å². The van der Waals surface area contributed by atoms with Gasteiger partial charge in [0.25, 0.3) is 0 Å². The van der Waals surface area contributed by atoms with Gasteiger partial charge in [-0.25, -0.2) is 4.39 Å². The monoisotopic (exact) mass is 346 g/mol. The number of aromatic hydroxyl groups is 1. The number of carboxylic acids is 1. The van der Waals surface area contributed by atoms with Gasteiger partial charge in [0.05, 0.1) is 17.0 Å². The Balaban J connectivity index is 2.66. The molecule has 6 heteroatoms. The second-order valence-corrected chi connectivity index (χ2v) is 5.90. The highest BCUT2D eigenvalue weighted by molar-refractivity contribution is 9.10. The SMILES string of the molecule is COc1c(O)c(C2(C(=O)O)CCCCC2)cc(Br)c1F. The van der Waals surface area contributed by atoms with Crippen molar-refractivity contribution in [2.45, 2.75) is 37.5 Å². The van der Waals surface area contributed by atoms with Crippen molar-refractivity contribution >= 4 is 21.9 Å². The van der Waals surface area contributed by atoms with Gasteiger partial charge in [-0.15, -0.1) is 0 Å². The molecule has 20 heavy (non-hydrogen) atoms. The van der Waals surface area contributed by atoms with E-state index in [1.807, 2.05) is 0 Å². The Labute approximate surface area is 124 Å². The molecule has 4 nitrogen and oxygen atoms in total. The number of methoxy groups -OCH3 is 1. The maximum Gasteiger partial charge on any atom is 0.314 e.